The van der Waals surface area contributed by atoms with Crippen LogP contribution in [0.2, 0.25) is 0 Å². The first-order chi connectivity index (χ1) is 19.3. The lowest BCUT2D eigenvalue weighted by molar-refractivity contribution is -0.137. The molecule has 212 valence electrons. The van der Waals surface area contributed by atoms with Crippen molar-refractivity contribution in [3.8, 4) is 5.75 Å². The molecule has 3 aromatic rings. The van der Waals surface area contributed by atoms with E-state index < -0.39 is 42.4 Å². The highest BCUT2D eigenvalue weighted by Gasteiger charge is 2.48. The van der Waals surface area contributed by atoms with Crippen LogP contribution in [0.3, 0.4) is 0 Å². The molecule has 13 nitrogen and oxygen atoms in total. The first kappa shape index (κ1) is 26.3. The van der Waals surface area contributed by atoms with Gasteiger partial charge in [0.2, 0.25) is 0 Å². The van der Waals surface area contributed by atoms with Crippen LogP contribution in [-0.4, -0.2) is 84.1 Å². The predicted octanol–water partition coefficient (Wildman–Crippen LogP) is 0.899. The quantitative estimate of drug-likeness (QED) is 0.342. The summed E-state index contributed by atoms with van der Waals surface area (Å²) in [6.07, 6.45) is -0.578. The highest BCUT2D eigenvalue weighted by molar-refractivity contribution is 5.83. The Morgan fingerprint density at radius 3 is 2.52 bits per heavy atom. The van der Waals surface area contributed by atoms with E-state index in [9.17, 15) is 24.2 Å². The van der Waals surface area contributed by atoms with Gasteiger partial charge < -0.3 is 35.6 Å². The number of piperidine rings is 1. The number of rotatable bonds is 6. The smallest absolute Gasteiger partial charge is 0.410 e. The summed E-state index contributed by atoms with van der Waals surface area (Å²) in [4.78, 5) is 39.9. The van der Waals surface area contributed by atoms with Gasteiger partial charge in [-0.3, -0.25) is 9.36 Å². The zero-order valence-electron chi connectivity index (χ0n) is 21.5. The monoisotopic (exact) mass is 555 g/mol. The van der Waals surface area contributed by atoms with E-state index in [1.807, 2.05) is 0 Å². The number of aromatic nitrogens is 4. The molecule has 1 unspecified atom stereocenters. The predicted molar refractivity (Wildman–Crippen MR) is 137 cm³/mol. The Morgan fingerprint density at radius 2 is 1.82 bits per heavy atom. The molecule has 3 fully saturated rings. The SMILES string of the molecule is Nc1nc(CC2CCN(C(=O)Oc3ccc(F)cc3)CC2)nc2c1ncn2[C@@H]1O[C@H](C(=O)NC2CC2)[C@H](O)C1O. The van der Waals surface area contributed by atoms with Gasteiger partial charge in [0.1, 0.15) is 35.1 Å². The molecule has 40 heavy (non-hydrogen) atoms. The van der Waals surface area contributed by atoms with Crippen molar-refractivity contribution < 1.29 is 33.7 Å². The largest absolute Gasteiger partial charge is 0.415 e. The summed E-state index contributed by atoms with van der Waals surface area (Å²) < 4.78 is 25.7. The molecule has 6 rings (SSSR count). The van der Waals surface area contributed by atoms with Crippen LogP contribution >= 0.6 is 0 Å². The van der Waals surface area contributed by atoms with Crippen molar-refractivity contribution >= 4 is 29.0 Å². The van der Waals surface area contributed by atoms with Crippen LogP contribution in [0.5, 0.6) is 5.75 Å². The summed E-state index contributed by atoms with van der Waals surface area (Å²) in [6.45, 7) is 0.954. The molecule has 2 amide bonds. The number of hydrogen-bond acceptors (Lipinski definition) is 10. The standard InChI is InChI=1S/C26H30FN7O6/c27-14-1-5-16(6-2-14)39-26(38)33-9-7-13(8-10-33)11-17-31-22(28)18-23(32-17)34(12-29-18)25-20(36)19(35)21(40-25)24(37)30-15-3-4-15/h1-2,5-6,12-13,15,19-21,25,35-36H,3-4,7-11H2,(H,30,37)(H2,28,31,32)/t19-,20?,21+,25-/m1/s1. The number of nitrogens with two attached hydrogens (primary N) is 1. The number of amides is 2. The van der Waals surface area contributed by atoms with Gasteiger partial charge in [-0.05, 0) is 55.9 Å². The third kappa shape index (κ3) is 5.29. The minimum absolute atomic E-state index is 0.0796. The van der Waals surface area contributed by atoms with Crippen LogP contribution < -0.4 is 15.8 Å². The minimum Gasteiger partial charge on any atom is -0.410 e. The Balaban J connectivity index is 1.11. The van der Waals surface area contributed by atoms with Crippen LogP contribution in [0.4, 0.5) is 15.0 Å². The van der Waals surface area contributed by atoms with E-state index in [1.165, 1.54) is 35.2 Å². The van der Waals surface area contributed by atoms with Crippen molar-refractivity contribution in [2.45, 2.75) is 62.7 Å². The van der Waals surface area contributed by atoms with Gasteiger partial charge in [0.25, 0.3) is 5.91 Å². The van der Waals surface area contributed by atoms with Crippen LogP contribution in [0.15, 0.2) is 30.6 Å². The van der Waals surface area contributed by atoms with E-state index in [0.29, 0.717) is 49.3 Å². The molecule has 0 radical (unpaired) electrons. The Hall–Kier alpha value is -3.88. The van der Waals surface area contributed by atoms with Crippen molar-refractivity contribution in [3.05, 3.63) is 42.2 Å². The number of aliphatic hydroxyl groups excluding tert-OH is 2. The second-order valence-corrected chi connectivity index (χ2v) is 10.5. The van der Waals surface area contributed by atoms with E-state index in [1.54, 1.807) is 4.90 Å². The number of nitrogens with zero attached hydrogens (tertiary/aromatic N) is 5. The van der Waals surface area contributed by atoms with E-state index in [0.717, 1.165) is 12.8 Å². The third-order valence-electron chi connectivity index (χ3n) is 7.55. The maximum absolute atomic E-state index is 13.1. The molecule has 2 aliphatic heterocycles. The molecule has 2 saturated heterocycles. The average Bonchev–Trinajstić information content (AvgIpc) is 3.57. The summed E-state index contributed by atoms with van der Waals surface area (Å²) in [5.74, 6) is 0.207. The summed E-state index contributed by atoms with van der Waals surface area (Å²) in [6, 6.07) is 5.35. The number of ether oxygens (including phenoxy) is 2. The molecule has 5 N–H and O–H groups in total. The zero-order chi connectivity index (χ0) is 28.0. The molecular formula is C26H30FN7O6. The van der Waals surface area contributed by atoms with Gasteiger partial charge in [-0.1, -0.05) is 0 Å². The third-order valence-corrected chi connectivity index (χ3v) is 7.55. The highest BCUT2D eigenvalue weighted by atomic mass is 19.1. The lowest BCUT2D eigenvalue weighted by atomic mass is 9.93. The van der Waals surface area contributed by atoms with Crippen molar-refractivity contribution in [1.82, 2.24) is 29.7 Å². The fraction of sp³-hybridized carbons (Fsp3) is 0.500. The number of benzene rings is 1. The summed E-state index contributed by atoms with van der Waals surface area (Å²) in [5.41, 5.74) is 6.82. The summed E-state index contributed by atoms with van der Waals surface area (Å²) in [5, 5.41) is 24.0. The lowest BCUT2D eigenvalue weighted by Crippen LogP contribution is -2.43. The van der Waals surface area contributed by atoms with Crippen LogP contribution in [0.25, 0.3) is 11.2 Å². The van der Waals surface area contributed by atoms with Gasteiger partial charge in [-0.15, -0.1) is 0 Å². The molecule has 4 atom stereocenters. The molecule has 1 aromatic carbocycles. The number of fused-ring (bicyclic) bond motifs is 1. The molecule has 3 aliphatic rings. The average molecular weight is 556 g/mol. The molecule has 14 heteroatoms. The highest BCUT2D eigenvalue weighted by Crippen LogP contribution is 2.33. The van der Waals surface area contributed by atoms with Crippen molar-refractivity contribution in [2.24, 2.45) is 5.92 Å². The second kappa shape index (κ2) is 10.6. The van der Waals surface area contributed by atoms with Gasteiger partial charge in [0.05, 0.1) is 6.33 Å². The van der Waals surface area contributed by atoms with E-state index >= 15 is 0 Å². The van der Waals surface area contributed by atoms with Crippen molar-refractivity contribution in [3.63, 3.8) is 0 Å². The maximum Gasteiger partial charge on any atom is 0.415 e. The van der Waals surface area contributed by atoms with E-state index in [4.69, 9.17) is 15.2 Å². The van der Waals surface area contributed by atoms with Crippen LogP contribution in [0, 0.1) is 11.7 Å². The number of nitrogen functional groups attached to an aromatic ring is 1. The normalized spacial score (nSPS) is 25.3. The van der Waals surface area contributed by atoms with Gasteiger partial charge in [0.15, 0.2) is 23.8 Å². The van der Waals surface area contributed by atoms with Gasteiger partial charge in [-0.25, -0.2) is 24.1 Å². The van der Waals surface area contributed by atoms with Gasteiger partial charge >= 0.3 is 6.09 Å². The number of aliphatic hydroxyl groups is 2. The number of carbonyl (C=O) groups is 2. The molecule has 0 spiro atoms. The number of likely N-dealkylation sites (tertiary alicyclic amines) is 1. The van der Waals surface area contributed by atoms with Gasteiger partial charge in [-0.2, -0.15) is 0 Å². The topological polar surface area (TPSA) is 178 Å². The van der Waals surface area contributed by atoms with Crippen molar-refractivity contribution in [2.75, 3.05) is 18.8 Å². The molecule has 1 saturated carbocycles. The Kier molecular flexibility index (Phi) is 6.98. The first-order valence-electron chi connectivity index (χ1n) is 13.3. The number of anilines is 1. The number of carbonyl (C=O) groups excluding carboxylic acids is 2. The molecular weight excluding hydrogens is 525 g/mol. The number of nitrogens with one attached hydrogen (secondary N) is 1. The Bertz CT molecular complexity index is 1410. The summed E-state index contributed by atoms with van der Waals surface area (Å²) in [7, 11) is 0. The lowest BCUT2D eigenvalue weighted by Gasteiger charge is -2.31. The van der Waals surface area contributed by atoms with Crippen molar-refractivity contribution in [1.29, 1.82) is 0 Å². The fourth-order valence-corrected chi connectivity index (χ4v) is 5.13. The number of halogens is 1. The second-order valence-electron chi connectivity index (χ2n) is 10.5. The Labute approximate surface area is 228 Å². The minimum atomic E-state index is -1.42. The van der Waals surface area contributed by atoms with Crippen LogP contribution in [0.1, 0.15) is 37.7 Å². The van der Waals surface area contributed by atoms with E-state index in [-0.39, 0.29) is 23.5 Å². The summed E-state index contributed by atoms with van der Waals surface area (Å²) >= 11 is 0. The molecule has 1 aliphatic carbocycles. The number of hydrogen-bond donors (Lipinski definition) is 4. The Morgan fingerprint density at radius 1 is 1.10 bits per heavy atom. The number of imidazole rings is 1. The van der Waals surface area contributed by atoms with Crippen LogP contribution in [-0.2, 0) is 16.0 Å². The molecule has 2 aromatic heterocycles. The van der Waals surface area contributed by atoms with E-state index in [2.05, 4.69) is 20.3 Å². The van der Waals surface area contributed by atoms with Gasteiger partial charge in [0, 0.05) is 25.6 Å². The fourth-order valence-electron chi connectivity index (χ4n) is 5.13. The molecule has 4 heterocycles. The zero-order valence-corrected chi connectivity index (χ0v) is 21.5. The maximum atomic E-state index is 13.1. The first-order valence-corrected chi connectivity index (χ1v) is 13.3. The molecule has 0 bridgehead atoms.